The minimum absolute atomic E-state index is 0.0633. The van der Waals surface area contributed by atoms with Crippen molar-refractivity contribution in [2.24, 2.45) is 0 Å². The van der Waals surface area contributed by atoms with Gasteiger partial charge in [0.05, 0.1) is 24.8 Å². The zero-order valence-electron chi connectivity index (χ0n) is 31.7. The Morgan fingerprint density at radius 2 is 1.25 bits per heavy atom. The molecule has 10 heteroatoms. The summed E-state index contributed by atoms with van der Waals surface area (Å²) in [5.74, 6) is 0.228. The highest BCUT2D eigenvalue weighted by atomic mass is 16.5. The van der Waals surface area contributed by atoms with Crippen molar-refractivity contribution in [1.82, 2.24) is 16.0 Å². The minimum atomic E-state index is -0.257. The van der Waals surface area contributed by atoms with Crippen molar-refractivity contribution in [2.45, 2.75) is 121 Å². The Balaban J connectivity index is 0.898. The first-order valence-corrected chi connectivity index (χ1v) is 19.8. The van der Waals surface area contributed by atoms with Gasteiger partial charge in [0.25, 0.3) is 5.91 Å². The number of carbonyl (C=O) groups excluding carboxylic acids is 3. The third kappa shape index (κ3) is 7.86. The summed E-state index contributed by atoms with van der Waals surface area (Å²) in [6.45, 7) is 9.79. The minimum Gasteiger partial charge on any atom is -0.378 e. The third-order valence-corrected chi connectivity index (χ3v) is 11.8. The number of nitrogens with one attached hydrogen (secondary N) is 4. The van der Waals surface area contributed by atoms with Gasteiger partial charge in [-0.25, -0.2) is 0 Å². The standard InChI is InChI=1S/C43H56N6O4/c1-5-40(50)48-28(3)23-36(34-11-7-9-13-38(34)48)45-31-17-15-30(16-18-31)42(52)44-25-43(26-53-27-43)47-33-21-19-32(20-22-33)46-37-24-29(4)49(41(51)6-2)39-14-10-8-12-35(37)39/h7-18,28-29,32-33,36-37,45-47H,5-6,19-27H2,1-4H3,(H,44,52)/t28-,29-,32?,33?,36+,37+/m0/s1. The average Bonchev–Trinajstić information content (AvgIpc) is 3.16. The molecular formula is C43H56N6O4. The number of carbonyl (C=O) groups is 3. The molecule has 7 rings (SSSR count). The monoisotopic (exact) mass is 720 g/mol. The van der Waals surface area contributed by atoms with Crippen LogP contribution in [0.15, 0.2) is 72.8 Å². The second-order valence-corrected chi connectivity index (χ2v) is 15.7. The number of amides is 3. The molecule has 4 N–H and O–H groups in total. The van der Waals surface area contributed by atoms with E-state index in [1.165, 1.54) is 5.56 Å². The van der Waals surface area contributed by atoms with E-state index in [-0.39, 0.29) is 47.4 Å². The lowest BCUT2D eigenvalue weighted by Crippen LogP contribution is -2.68. The number of ether oxygens (including phenoxy) is 1. The molecule has 3 aromatic carbocycles. The molecule has 10 nitrogen and oxygen atoms in total. The Kier molecular flexibility index (Phi) is 11.2. The van der Waals surface area contributed by atoms with Gasteiger partial charge in [0.2, 0.25) is 11.8 Å². The lowest BCUT2D eigenvalue weighted by atomic mass is 9.85. The summed E-state index contributed by atoms with van der Waals surface area (Å²) in [5.41, 5.74) is 5.66. The molecule has 0 unspecified atom stereocenters. The normalized spacial score (nSPS) is 26.1. The first-order valence-electron chi connectivity index (χ1n) is 19.8. The van der Waals surface area contributed by atoms with Gasteiger partial charge in [-0.2, -0.15) is 0 Å². The van der Waals surface area contributed by atoms with E-state index in [4.69, 9.17) is 4.74 Å². The number of rotatable bonds is 11. The fourth-order valence-electron chi connectivity index (χ4n) is 9.00. The molecule has 1 aliphatic carbocycles. The maximum absolute atomic E-state index is 13.3. The molecule has 0 radical (unpaired) electrons. The summed E-state index contributed by atoms with van der Waals surface area (Å²) >= 11 is 0. The molecule has 3 aromatic rings. The fourth-order valence-corrected chi connectivity index (χ4v) is 9.00. The number of benzene rings is 3. The quantitative estimate of drug-likeness (QED) is 0.176. The van der Waals surface area contributed by atoms with E-state index in [1.807, 2.05) is 72.2 Å². The Hall–Kier alpha value is -4.25. The highest BCUT2D eigenvalue weighted by Crippen LogP contribution is 2.40. The van der Waals surface area contributed by atoms with Crippen molar-refractivity contribution in [1.29, 1.82) is 0 Å². The first-order chi connectivity index (χ1) is 25.7. The molecule has 53 heavy (non-hydrogen) atoms. The van der Waals surface area contributed by atoms with Crippen molar-refractivity contribution in [3.8, 4) is 0 Å². The molecule has 4 aliphatic rings. The highest BCUT2D eigenvalue weighted by molar-refractivity contribution is 5.96. The van der Waals surface area contributed by atoms with Crippen molar-refractivity contribution < 1.29 is 19.1 Å². The van der Waals surface area contributed by atoms with Crippen LogP contribution < -0.4 is 31.1 Å². The van der Waals surface area contributed by atoms with E-state index < -0.39 is 0 Å². The van der Waals surface area contributed by atoms with Gasteiger partial charge in [0, 0.05) is 72.2 Å². The van der Waals surface area contributed by atoms with Gasteiger partial charge < -0.3 is 35.8 Å². The molecule has 2 fully saturated rings. The van der Waals surface area contributed by atoms with Gasteiger partial charge in [0.1, 0.15) is 0 Å². The van der Waals surface area contributed by atoms with Gasteiger partial charge in [0.15, 0.2) is 0 Å². The number of fused-ring (bicyclic) bond motifs is 2. The van der Waals surface area contributed by atoms with E-state index in [0.717, 1.165) is 61.2 Å². The van der Waals surface area contributed by atoms with Crippen LogP contribution in [-0.4, -0.2) is 67.2 Å². The largest absolute Gasteiger partial charge is 0.378 e. The molecule has 0 spiro atoms. The van der Waals surface area contributed by atoms with Crippen molar-refractivity contribution >= 4 is 34.8 Å². The number of hydrogen-bond donors (Lipinski definition) is 4. The lowest BCUT2D eigenvalue weighted by Gasteiger charge is -2.46. The van der Waals surface area contributed by atoms with Crippen molar-refractivity contribution in [3.63, 3.8) is 0 Å². The average molecular weight is 721 g/mol. The fraction of sp³-hybridized carbons (Fsp3) is 0.512. The molecule has 3 aliphatic heterocycles. The van der Waals surface area contributed by atoms with Crippen LogP contribution in [0.4, 0.5) is 17.1 Å². The summed E-state index contributed by atoms with van der Waals surface area (Å²) in [6, 6.07) is 25.5. The summed E-state index contributed by atoms with van der Waals surface area (Å²) < 4.78 is 5.68. The van der Waals surface area contributed by atoms with E-state index in [9.17, 15) is 14.4 Å². The zero-order valence-corrected chi connectivity index (χ0v) is 31.7. The lowest BCUT2D eigenvalue weighted by molar-refractivity contribution is -0.119. The predicted octanol–water partition coefficient (Wildman–Crippen LogP) is 6.64. The molecule has 1 saturated heterocycles. The summed E-state index contributed by atoms with van der Waals surface area (Å²) in [4.78, 5) is 42.7. The van der Waals surface area contributed by atoms with Crippen LogP contribution in [0.2, 0.25) is 0 Å². The Bertz CT molecular complexity index is 1770. The molecule has 4 atom stereocenters. The first kappa shape index (κ1) is 37.1. The van der Waals surface area contributed by atoms with E-state index in [0.29, 0.717) is 50.2 Å². The number of hydrogen-bond acceptors (Lipinski definition) is 7. The van der Waals surface area contributed by atoms with Crippen molar-refractivity contribution in [3.05, 3.63) is 89.5 Å². The summed E-state index contributed by atoms with van der Waals surface area (Å²) in [5, 5.41) is 14.7. The summed E-state index contributed by atoms with van der Waals surface area (Å²) in [6.07, 6.45) is 6.97. The molecule has 282 valence electrons. The van der Waals surface area contributed by atoms with Gasteiger partial charge in [-0.05, 0) is 99.9 Å². The molecule has 1 saturated carbocycles. The van der Waals surface area contributed by atoms with E-state index in [1.54, 1.807) is 0 Å². The molecule has 3 heterocycles. The van der Waals surface area contributed by atoms with Crippen LogP contribution in [0.25, 0.3) is 0 Å². The summed E-state index contributed by atoms with van der Waals surface area (Å²) in [7, 11) is 0. The molecular weight excluding hydrogens is 665 g/mol. The van der Waals surface area contributed by atoms with Gasteiger partial charge in [-0.15, -0.1) is 0 Å². The predicted molar refractivity (Wildman–Crippen MR) is 210 cm³/mol. The number of anilines is 3. The van der Waals surface area contributed by atoms with E-state index >= 15 is 0 Å². The molecule has 3 amide bonds. The van der Waals surface area contributed by atoms with E-state index in [2.05, 4.69) is 59.4 Å². The Morgan fingerprint density at radius 1 is 0.717 bits per heavy atom. The van der Waals surface area contributed by atoms with Gasteiger partial charge in [-0.3, -0.25) is 14.4 Å². The second kappa shape index (κ2) is 16.0. The van der Waals surface area contributed by atoms with Crippen LogP contribution >= 0.6 is 0 Å². The van der Waals surface area contributed by atoms with Gasteiger partial charge >= 0.3 is 0 Å². The second-order valence-electron chi connectivity index (χ2n) is 15.7. The number of nitrogens with zero attached hydrogens (tertiary/aromatic N) is 2. The third-order valence-electron chi connectivity index (χ3n) is 11.8. The SMILES string of the molecule is CCC(=O)N1c2ccccc2[C@H](Nc2ccc(C(=O)NCC3(NC4CCC(N[C@@H]5C[C@H](C)N(C(=O)CC)c6ccccc65)CC4)COC3)cc2)C[C@@H]1C. The topological polar surface area (TPSA) is 115 Å². The van der Waals surface area contributed by atoms with Crippen LogP contribution in [0, 0.1) is 0 Å². The van der Waals surface area contributed by atoms with Crippen LogP contribution in [0.3, 0.4) is 0 Å². The maximum atomic E-state index is 13.3. The number of para-hydroxylation sites is 2. The zero-order chi connectivity index (χ0) is 37.1. The highest BCUT2D eigenvalue weighted by Gasteiger charge is 2.42. The maximum Gasteiger partial charge on any atom is 0.251 e. The van der Waals surface area contributed by atoms with Gasteiger partial charge in [-0.1, -0.05) is 50.2 Å². The Morgan fingerprint density at radius 3 is 1.79 bits per heavy atom. The Labute approximate surface area is 314 Å². The molecule has 0 bridgehead atoms. The smallest absolute Gasteiger partial charge is 0.251 e. The molecule has 0 aromatic heterocycles. The van der Waals surface area contributed by atoms with Crippen LogP contribution in [0.1, 0.15) is 113 Å². The van der Waals surface area contributed by atoms with Crippen LogP contribution in [-0.2, 0) is 14.3 Å². The van der Waals surface area contributed by atoms with Crippen molar-refractivity contribution in [2.75, 3.05) is 34.9 Å². The van der Waals surface area contributed by atoms with Crippen LogP contribution in [0.5, 0.6) is 0 Å².